The SMILES string of the molecule is O=C(O)[C@H]1Cc2ccc(Br)cc2CN1. The zero-order valence-corrected chi connectivity index (χ0v) is 9.04. The molecule has 1 aliphatic heterocycles. The predicted molar refractivity (Wildman–Crippen MR) is 56.1 cm³/mol. The summed E-state index contributed by atoms with van der Waals surface area (Å²) in [6, 6.07) is 5.52. The average Bonchev–Trinajstić information content (AvgIpc) is 2.16. The Morgan fingerprint density at radius 1 is 1.50 bits per heavy atom. The smallest absolute Gasteiger partial charge is 0.321 e. The maximum atomic E-state index is 10.8. The lowest BCUT2D eigenvalue weighted by molar-refractivity contribution is -0.139. The molecule has 0 aliphatic carbocycles. The molecule has 0 saturated carbocycles. The molecule has 1 aromatic carbocycles. The van der Waals surface area contributed by atoms with Gasteiger partial charge in [0.05, 0.1) is 0 Å². The molecular formula is C10H10BrNO2. The van der Waals surface area contributed by atoms with E-state index in [9.17, 15) is 4.79 Å². The van der Waals surface area contributed by atoms with Crippen LogP contribution in [-0.2, 0) is 17.8 Å². The quantitative estimate of drug-likeness (QED) is 0.801. The summed E-state index contributed by atoms with van der Waals surface area (Å²) in [5.74, 6) is -0.779. The largest absolute Gasteiger partial charge is 0.480 e. The van der Waals surface area contributed by atoms with Crippen LogP contribution in [0.5, 0.6) is 0 Å². The van der Waals surface area contributed by atoms with E-state index in [1.807, 2.05) is 18.2 Å². The van der Waals surface area contributed by atoms with E-state index in [-0.39, 0.29) is 0 Å². The minimum atomic E-state index is -0.779. The van der Waals surface area contributed by atoms with Gasteiger partial charge in [-0.15, -0.1) is 0 Å². The van der Waals surface area contributed by atoms with Crippen LogP contribution in [0.1, 0.15) is 11.1 Å². The summed E-state index contributed by atoms with van der Waals surface area (Å²) >= 11 is 3.39. The molecule has 2 N–H and O–H groups in total. The van der Waals surface area contributed by atoms with Crippen LogP contribution < -0.4 is 5.32 Å². The zero-order chi connectivity index (χ0) is 10.1. The molecule has 0 saturated heterocycles. The maximum Gasteiger partial charge on any atom is 0.321 e. The molecule has 0 aromatic heterocycles. The van der Waals surface area contributed by atoms with E-state index in [0.717, 1.165) is 10.0 Å². The van der Waals surface area contributed by atoms with E-state index < -0.39 is 12.0 Å². The second-order valence-electron chi connectivity index (χ2n) is 3.39. The molecule has 0 amide bonds. The van der Waals surface area contributed by atoms with Crippen molar-refractivity contribution in [3.8, 4) is 0 Å². The van der Waals surface area contributed by atoms with Gasteiger partial charge < -0.3 is 10.4 Å². The predicted octanol–water partition coefficient (Wildman–Crippen LogP) is 1.55. The van der Waals surface area contributed by atoms with E-state index >= 15 is 0 Å². The summed E-state index contributed by atoms with van der Waals surface area (Å²) in [5.41, 5.74) is 2.30. The second-order valence-corrected chi connectivity index (χ2v) is 4.30. The number of fused-ring (bicyclic) bond motifs is 1. The molecule has 0 radical (unpaired) electrons. The summed E-state index contributed by atoms with van der Waals surface area (Å²) in [7, 11) is 0. The standard InChI is InChI=1S/C10H10BrNO2/c11-8-2-1-6-4-9(10(13)14)12-5-7(6)3-8/h1-3,9,12H,4-5H2,(H,13,14)/t9-/m1/s1. The average molecular weight is 256 g/mol. The molecule has 74 valence electrons. The molecule has 2 rings (SSSR count). The fraction of sp³-hybridized carbons (Fsp3) is 0.300. The highest BCUT2D eigenvalue weighted by molar-refractivity contribution is 9.10. The normalized spacial score (nSPS) is 20.2. The minimum Gasteiger partial charge on any atom is -0.480 e. The topological polar surface area (TPSA) is 49.3 Å². The van der Waals surface area contributed by atoms with Crippen molar-refractivity contribution in [3.63, 3.8) is 0 Å². The summed E-state index contributed by atoms with van der Waals surface area (Å²) in [5, 5.41) is 11.8. The summed E-state index contributed by atoms with van der Waals surface area (Å²) < 4.78 is 1.03. The van der Waals surface area contributed by atoms with Crippen LogP contribution in [0.3, 0.4) is 0 Å². The van der Waals surface area contributed by atoms with Crippen LogP contribution in [0.2, 0.25) is 0 Å². The van der Waals surface area contributed by atoms with E-state index in [1.54, 1.807) is 0 Å². The summed E-state index contributed by atoms with van der Waals surface area (Å²) in [4.78, 5) is 10.8. The molecule has 0 unspecified atom stereocenters. The lowest BCUT2D eigenvalue weighted by Crippen LogP contribution is -2.41. The van der Waals surface area contributed by atoms with Crippen molar-refractivity contribution in [1.29, 1.82) is 0 Å². The highest BCUT2D eigenvalue weighted by atomic mass is 79.9. The molecule has 1 atom stereocenters. The second kappa shape index (κ2) is 3.71. The highest BCUT2D eigenvalue weighted by Gasteiger charge is 2.23. The Balaban J connectivity index is 2.27. The molecule has 0 spiro atoms. The van der Waals surface area contributed by atoms with Gasteiger partial charge >= 0.3 is 5.97 Å². The van der Waals surface area contributed by atoms with Gasteiger partial charge in [-0.2, -0.15) is 0 Å². The third kappa shape index (κ3) is 1.81. The first-order valence-electron chi connectivity index (χ1n) is 4.40. The van der Waals surface area contributed by atoms with Crippen molar-refractivity contribution < 1.29 is 9.90 Å². The number of halogens is 1. The van der Waals surface area contributed by atoms with Crippen molar-refractivity contribution in [3.05, 3.63) is 33.8 Å². The fourth-order valence-electron chi connectivity index (χ4n) is 1.66. The van der Waals surface area contributed by atoms with E-state index in [1.165, 1.54) is 5.56 Å². The minimum absolute atomic E-state index is 0.441. The Bertz CT molecular complexity index is 378. The highest BCUT2D eigenvalue weighted by Crippen LogP contribution is 2.21. The van der Waals surface area contributed by atoms with Gasteiger partial charge in [-0.05, 0) is 29.7 Å². The number of hydrogen-bond donors (Lipinski definition) is 2. The van der Waals surface area contributed by atoms with Crippen LogP contribution in [0.4, 0.5) is 0 Å². The van der Waals surface area contributed by atoms with Crippen molar-refractivity contribution in [1.82, 2.24) is 5.32 Å². The zero-order valence-electron chi connectivity index (χ0n) is 7.46. The number of hydrogen-bond acceptors (Lipinski definition) is 2. The fourth-order valence-corrected chi connectivity index (χ4v) is 2.07. The lowest BCUT2D eigenvalue weighted by atomic mass is 9.96. The summed E-state index contributed by atoms with van der Waals surface area (Å²) in [6.07, 6.45) is 0.567. The molecule has 0 fully saturated rings. The Labute approximate surface area is 90.3 Å². The molecule has 1 aromatic rings. The van der Waals surface area contributed by atoms with E-state index in [4.69, 9.17) is 5.11 Å². The van der Waals surface area contributed by atoms with Crippen molar-refractivity contribution in [2.45, 2.75) is 19.0 Å². The molecule has 0 bridgehead atoms. The van der Waals surface area contributed by atoms with Gasteiger partial charge in [0.25, 0.3) is 0 Å². The number of carboxylic acids is 1. The molecule has 3 nitrogen and oxygen atoms in total. The van der Waals surface area contributed by atoms with Crippen LogP contribution in [0, 0.1) is 0 Å². The van der Waals surface area contributed by atoms with Crippen LogP contribution in [-0.4, -0.2) is 17.1 Å². The first-order chi connectivity index (χ1) is 6.66. The summed E-state index contributed by atoms with van der Waals surface area (Å²) in [6.45, 7) is 0.631. The first kappa shape index (κ1) is 9.68. The number of benzene rings is 1. The lowest BCUT2D eigenvalue weighted by Gasteiger charge is -2.23. The van der Waals surface area contributed by atoms with Crippen LogP contribution in [0.25, 0.3) is 0 Å². The van der Waals surface area contributed by atoms with Gasteiger partial charge in [0.1, 0.15) is 6.04 Å². The Morgan fingerprint density at radius 2 is 2.29 bits per heavy atom. The van der Waals surface area contributed by atoms with Gasteiger partial charge in [-0.25, -0.2) is 0 Å². The number of carbonyl (C=O) groups is 1. The van der Waals surface area contributed by atoms with Gasteiger partial charge in [0, 0.05) is 11.0 Å². The van der Waals surface area contributed by atoms with Crippen molar-refractivity contribution in [2.24, 2.45) is 0 Å². The van der Waals surface area contributed by atoms with Crippen LogP contribution in [0.15, 0.2) is 22.7 Å². The molecule has 14 heavy (non-hydrogen) atoms. The number of rotatable bonds is 1. The van der Waals surface area contributed by atoms with Gasteiger partial charge in [0.2, 0.25) is 0 Å². The molecule has 4 heteroatoms. The van der Waals surface area contributed by atoms with Gasteiger partial charge in [-0.1, -0.05) is 22.0 Å². The molecule has 1 heterocycles. The van der Waals surface area contributed by atoms with E-state index in [2.05, 4.69) is 21.2 Å². The number of carboxylic acid groups (broad SMARTS) is 1. The number of nitrogens with one attached hydrogen (secondary N) is 1. The Morgan fingerprint density at radius 3 is 3.00 bits per heavy atom. The van der Waals surface area contributed by atoms with Crippen LogP contribution >= 0.6 is 15.9 Å². The monoisotopic (exact) mass is 255 g/mol. The maximum absolute atomic E-state index is 10.8. The molecule has 1 aliphatic rings. The third-order valence-corrected chi connectivity index (χ3v) is 2.92. The van der Waals surface area contributed by atoms with E-state index in [0.29, 0.717) is 13.0 Å². The Kier molecular flexibility index (Phi) is 2.56. The van der Waals surface area contributed by atoms with Gasteiger partial charge in [0.15, 0.2) is 0 Å². The van der Waals surface area contributed by atoms with Gasteiger partial charge in [-0.3, -0.25) is 4.79 Å². The Hall–Kier alpha value is -0.870. The number of aliphatic carboxylic acids is 1. The third-order valence-electron chi connectivity index (χ3n) is 2.43. The molecular weight excluding hydrogens is 246 g/mol. The first-order valence-corrected chi connectivity index (χ1v) is 5.19. The van der Waals surface area contributed by atoms with Crippen molar-refractivity contribution in [2.75, 3.05) is 0 Å². The van der Waals surface area contributed by atoms with Crippen molar-refractivity contribution >= 4 is 21.9 Å².